The molecule has 7 aromatic carbocycles. The van der Waals surface area contributed by atoms with Crippen LogP contribution in [-0.4, -0.2) is 0 Å². The van der Waals surface area contributed by atoms with Crippen LogP contribution in [0.15, 0.2) is 97.1 Å². The van der Waals surface area contributed by atoms with Gasteiger partial charge in [-0.15, -0.1) is 0 Å². The largest absolute Gasteiger partial charge is 0.449 e. The molecule has 0 aliphatic heterocycles. The van der Waals surface area contributed by atoms with Crippen molar-refractivity contribution in [2.45, 2.75) is 20.8 Å². The van der Waals surface area contributed by atoms with Gasteiger partial charge in [0.1, 0.15) is 5.12 Å². The molecule has 2 aromatic heterocycles. The Hall–Kier alpha value is -4.26. The van der Waals surface area contributed by atoms with E-state index < -0.39 is 7.66 Å². The highest BCUT2D eigenvalue weighted by Crippen LogP contribution is 2.44. The van der Waals surface area contributed by atoms with Crippen LogP contribution < -0.4 is 8.49 Å². The van der Waals surface area contributed by atoms with Crippen LogP contribution in [0.2, 0.25) is 0 Å². The average molecular weight is 505 g/mol. The maximum atomic E-state index is 2.72. The van der Waals surface area contributed by atoms with E-state index in [2.05, 4.69) is 126 Å². The van der Waals surface area contributed by atoms with Crippen molar-refractivity contribution in [2.24, 2.45) is 0 Å². The van der Waals surface area contributed by atoms with Crippen molar-refractivity contribution in [1.82, 2.24) is 0 Å². The second-order valence-electron chi connectivity index (χ2n) is 10.8. The number of hydrogen-bond donors (Lipinski definition) is 0. The van der Waals surface area contributed by atoms with Crippen LogP contribution in [0.25, 0.3) is 70.4 Å². The van der Waals surface area contributed by atoms with Crippen molar-refractivity contribution in [3.63, 3.8) is 0 Å². The standard InChI is InChI=1S/C35H25N2P/c1-20-16-17-22(3)31-24(20)10-6-14-28(31)36-34-26-12-4-8-23-9-5-13-27(32(23)26)35(34)37-29-15-7-11-25-21(2)18-19-30(33(25)29)38(36)37/h4-19H,1-3H3/q+2. The molecule has 178 valence electrons. The number of aryl methyl sites for hydroxylation is 3. The van der Waals surface area contributed by atoms with Crippen molar-refractivity contribution < 1.29 is 8.49 Å². The predicted molar refractivity (Wildman–Crippen MR) is 161 cm³/mol. The van der Waals surface area contributed by atoms with Crippen molar-refractivity contribution in [3.05, 3.63) is 114 Å². The Morgan fingerprint density at radius 2 is 1.11 bits per heavy atom. The normalized spacial score (nSPS) is 13.1. The van der Waals surface area contributed by atoms with Crippen LogP contribution in [0, 0.1) is 20.8 Å². The molecular weight excluding hydrogens is 479 g/mol. The van der Waals surface area contributed by atoms with E-state index in [4.69, 9.17) is 0 Å². The lowest BCUT2D eigenvalue weighted by Gasteiger charge is -2.07. The van der Waals surface area contributed by atoms with Crippen molar-refractivity contribution >= 4 is 72.4 Å². The summed E-state index contributed by atoms with van der Waals surface area (Å²) in [6.45, 7) is 6.74. The van der Waals surface area contributed by atoms with Crippen molar-refractivity contribution in [1.29, 1.82) is 0 Å². The molecule has 0 N–H and O–H groups in total. The first-order chi connectivity index (χ1) is 18.6. The maximum Gasteiger partial charge on any atom is 0.449 e. The Morgan fingerprint density at radius 1 is 0.500 bits per heavy atom. The topological polar surface area (TPSA) is 7.98 Å². The summed E-state index contributed by atoms with van der Waals surface area (Å²) in [5, 5.41) is 12.4. The van der Waals surface area contributed by atoms with Gasteiger partial charge in [0.15, 0.2) is 0 Å². The Balaban J connectivity index is 1.68. The number of fused-ring (bicyclic) bond motifs is 8. The summed E-state index contributed by atoms with van der Waals surface area (Å²) in [7, 11) is -0.834. The lowest BCUT2D eigenvalue weighted by Crippen LogP contribution is -2.28. The number of benzene rings is 6. The molecule has 9 aromatic rings. The smallest absolute Gasteiger partial charge is 0.0880 e. The van der Waals surface area contributed by atoms with E-state index in [1.165, 1.54) is 87.1 Å². The van der Waals surface area contributed by atoms with Gasteiger partial charge in [-0.05, 0) is 71.8 Å². The fourth-order valence-corrected chi connectivity index (χ4v) is 9.88. The molecular formula is C35H25N2P+2. The van der Waals surface area contributed by atoms with Gasteiger partial charge in [-0.2, -0.15) is 0 Å². The van der Waals surface area contributed by atoms with E-state index >= 15 is 0 Å². The van der Waals surface area contributed by atoms with Gasteiger partial charge in [-0.25, -0.2) is 0 Å². The first kappa shape index (κ1) is 20.8. The maximum absolute atomic E-state index is 2.72. The summed E-state index contributed by atoms with van der Waals surface area (Å²) in [5.74, 6) is 0. The molecule has 0 fully saturated rings. The zero-order valence-corrected chi connectivity index (χ0v) is 22.5. The summed E-state index contributed by atoms with van der Waals surface area (Å²) in [6.07, 6.45) is 0. The Morgan fingerprint density at radius 3 is 1.89 bits per heavy atom. The van der Waals surface area contributed by atoms with E-state index in [1.807, 2.05) is 0 Å². The van der Waals surface area contributed by atoms with Crippen LogP contribution in [-0.2, 0) is 0 Å². The zero-order chi connectivity index (χ0) is 25.3. The molecule has 2 heterocycles. The van der Waals surface area contributed by atoms with Crippen molar-refractivity contribution in [3.8, 4) is 5.69 Å². The fraction of sp³-hybridized carbons (Fsp3) is 0.0857. The SMILES string of the molecule is Cc1ccc(C)c2c(-[n+]3c4c5cccc6cccc(c65)c4[n+]4c5cccc6c(C)ccc(c65)p34)cccc12. The summed E-state index contributed by atoms with van der Waals surface area (Å²) < 4.78 is 5.42. The molecule has 1 atom stereocenters. The van der Waals surface area contributed by atoms with Crippen LogP contribution in [0.3, 0.4) is 0 Å². The van der Waals surface area contributed by atoms with Gasteiger partial charge in [-0.1, -0.05) is 75.2 Å². The predicted octanol–water partition coefficient (Wildman–Crippen LogP) is 8.71. The lowest BCUT2D eigenvalue weighted by atomic mass is 9.99. The quantitative estimate of drug-likeness (QED) is 0.211. The molecule has 0 aliphatic carbocycles. The summed E-state index contributed by atoms with van der Waals surface area (Å²) in [4.78, 5) is 0. The molecule has 0 radical (unpaired) electrons. The Labute approximate surface area is 220 Å². The Kier molecular flexibility index (Phi) is 3.81. The van der Waals surface area contributed by atoms with E-state index in [-0.39, 0.29) is 0 Å². The molecule has 3 heteroatoms. The second kappa shape index (κ2) is 6.98. The highest BCUT2D eigenvalue weighted by molar-refractivity contribution is 7.38. The van der Waals surface area contributed by atoms with Crippen LogP contribution in [0.5, 0.6) is 0 Å². The minimum Gasteiger partial charge on any atom is -0.0880 e. The zero-order valence-electron chi connectivity index (χ0n) is 21.6. The van der Waals surface area contributed by atoms with Crippen LogP contribution in [0.4, 0.5) is 0 Å². The minimum absolute atomic E-state index is 0.834. The van der Waals surface area contributed by atoms with Gasteiger partial charge in [0.2, 0.25) is 11.2 Å². The lowest BCUT2D eigenvalue weighted by molar-refractivity contribution is -0.514. The van der Waals surface area contributed by atoms with E-state index in [0.29, 0.717) is 0 Å². The summed E-state index contributed by atoms with van der Waals surface area (Å²) in [6, 6.07) is 36.7. The molecule has 0 spiro atoms. The third kappa shape index (κ3) is 2.32. The molecule has 0 amide bonds. The molecule has 1 unspecified atom stereocenters. The molecule has 38 heavy (non-hydrogen) atoms. The molecule has 0 bridgehead atoms. The van der Waals surface area contributed by atoms with Gasteiger partial charge < -0.3 is 0 Å². The highest BCUT2D eigenvalue weighted by atomic mass is 31.1. The molecule has 0 aliphatic rings. The fourth-order valence-electron chi connectivity index (χ4n) is 7.10. The molecule has 0 saturated carbocycles. The van der Waals surface area contributed by atoms with Gasteiger partial charge in [0.25, 0.3) is 11.0 Å². The third-order valence-electron chi connectivity index (χ3n) is 8.77. The summed E-state index contributed by atoms with van der Waals surface area (Å²) >= 11 is 0. The van der Waals surface area contributed by atoms with Gasteiger partial charge in [-0.3, -0.25) is 0 Å². The number of hydrogen-bond acceptors (Lipinski definition) is 0. The monoisotopic (exact) mass is 504 g/mol. The average Bonchev–Trinajstić information content (AvgIpc) is 3.56. The Bertz CT molecular complexity index is 2420. The number of nitrogens with zero attached hydrogens (tertiary/aromatic N) is 2. The van der Waals surface area contributed by atoms with Gasteiger partial charge >= 0.3 is 7.66 Å². The van der Waals surface area contributed by atoms with E-state index in [9.17, 15) is 0 Å². The van der Waals surface area contributed by atoms with Crippen LogP contribution >= 0.6 is 7.66 Å². The number of rotatable bonds is 1. The molecule has 2 nitrogen and oxygen atoms in total. The molecule has 0 saturated heterocycles. The minimum atomic E-state index is -0.834. The van der Waals surface area contributed by atoms with Crippen LogP contribution in [0.1, 0.15) is 16.7 Å². The highest BCUT2D eigenvalue weighted by Gasteiger charge is 2.41. The van der Waals surface area contributed by atoms with Gasteiger partial charge in [0, 0.05) is 17.5 Å². The van der Waals surface area contributed by atoms with E-state index in [1.54, 1.807) is 0 Å². The first-order valence-electron chi connectivity index (χ1n) is 13.3. The summed E-state index contributed by atoms with van der Waals surface area (Å²) in [5.41, 5.74) is 9.39. The van der Waals surface area contributed by atoms with E-state index in [0.717, 1.165) is 0 Å². The van der Waals surface area contributed by atoms with Crippen molar-refractivity contribution in [2.75, 3.05) is 0 Å². The molecule has 9 rings (SSSR count). The second-order valence-corrected chi connectivity index (χ2v) is 12.7. The number of aromatic nitrogens is 2. The first-order valence-corrected chi connectivity index (χ1v) is 14.6. The van der Waals surface area contributed by atoms with Gasteiger partial charge in [0.05, 0.1) is 21.5 Å². The third-order valence-corrected chi connectivity index (χ3v) is 11.2.